The van der Waals surface area contributed by atoms with E-state index in [4.69, 9.17) is 14.2 Å². The number of sulfonamides is 1. The molecule has 1 N–H and O–H groups in total. The maximum atomic E-state index is 13.2. The lowest BCUT2D eigenvalue weighted by molar-refractivity contribution is -0.128. The number of nitrogens with one attached hydrogen (secondary N) is 1. The summed E-state index contributed by atoms with van der Waals surface area (Å²) in [7, 11) is -1.15. The van der Waals surface area contributed by atoms with Gasteiger partial charge in [0.15, 0.2) is 11.5 Å². The lowest BCUT2D eigenvalue weighted by atomic mass is 10.1. The number of rotatable bonds is 10. The molecular formula is C24H28N2O7S. The summed E-state index contributed by atoms with van der Waals surface area (Å²) < 4.78 is 43.0. The second kappa shape index (κ2) is 10.6. The van der Waals surface area contributed by atoms with Crippen LogP contribution in [-0.4, -0.2) is 51.9 Å². The first-order valence-electron chi connectivity index (χ1n) is 10.8. The molecule has 0 atom stereocenters. The van der Waals surface area contributed by atoms with Crippen LogP contribution in [0.3, 0.4) is 0 Å². The predicted octanol–water partition coefficient (Wildman–Crippen LogP) is 2.71. The highest BCUT2D eigenvalue weighted by atomic mass is 32.2. The van der Waals surface area contributed by atoms with Gasteiger partial charge in [-0.3, -0.25) is 9.59 Å². The molecule has 10 heteroatoms. The molecule has 0 saturated heterocycles. The van der Waals surface area contributed by atoms with Crippen LogP contribution >= 0.6 is 0 Å². The Morgan fingerprint density at radius 2 is 1.71 bits per heavy atom. The van der Waals surface area contributed by atoms with Gasteiger partial charge in [-0.1, -0.05) is 13.0 Å². The molecule has 182 valence electrons. The molecular weight excluding hydrogens is 460 g/mol. The van der Waals surface area contributed by atoms with Crippen LogP contribution in [0.1, 0.15) is 31.4 Å². The minimum absolute atomic E-state index is 0.0769. The van der Waals surface area contributed by atoms with Gasteiger partial charge in [0.2, 0.25) is 5.91 Å². The molecule has 0 unspecified atom stereocenters. The average molecular weight is 489 g/mol. The number of nitrogens with zero attached hydrogens (tertiary/aromatic N) is 1. The molecule has 1 heterocycles. The van der Waals surface area contributed by atoms with Crippen molar-refractivity contribution < 1.29 is 32.2 Å². The Morgan fingerprint density at radius 1 is 1.00 bits per heavy atom. The third-order valence-corrected chi connectivity index (χ3v) is 7.19. The topological polar surface area (TPSA) is 111 Å². The number of methoxy groups -OCH3 is 2. The summed E-state index contributed by atoms with van der Waals surface area (Å²) in [5.74, 6) is 0.375. The van der Waals surface area contributed by atoms with Crippen LogP contribution in [0.4, 0.5) is 0 Å². The Labute approximate surface area is 199 Å². The van der Waals surface area contributed by atoms with E-state index >= 15 is 0 Å². The molecule has 34 heavy (non-hydrogen) atoms. The summed E-state index contributed by atoms with van der Waals surface area (Å²) >= 11 is 0. The van der Waals surface area contributed by atoms with E-state index in [9.17, 15) is 18.0 Å². The van der Waals surface area contributed by atoms with Gasteiger partial charge in [0, 0.05) is 12.1 Å². The number of amides is 2. The lowest BCUT2D eigenvalue weighted by Gasteiger charge is -2.17. The summed E-state index contributed by atoms with van der Waals surface area (Å²) in [6.07, 6.45) is 0.212. The van der Waals surface area contributed by atoms with Crippen LogP contribution in [0.2, 0.25) is 0 Å². The number of benzene rings is 2. The number of carbonyl (C=O) groups is 2. The average Bonchev–Trinajstić information content (AvgIpc) is 3.02. The van der Waals surface area contributed by atoms with Crippen molar-refractivity contribution in [2.45, 2.75) is 26.8 Å². The van der Waals surface area contributed by atoms with Gasteiger partial charge in [0.25, 0.3) is 15.9 Å². The van der Waals surface area contributed by atoms with Crippen molar-refractivity contribution in [3.05, 3.63) is 59.2 Å². The Kier molecular flexibility index (Phi) is 7.83. The quantitative estimate of drug-likeness (QED) is 0.547. The molecule has 0 bridgehead atoms. The summed E-state index contributed by atoms with van der Waals surface area (Å²) in [5, 5.41) is 2.66. The van der Waals surface area contributed by atoms with E-state index in [0.29, 0.717) is 33.7 Å². The smallest absolute Gasteiger partial charge is 0.268 e. The zero-order chi connectivity index (χ0) is 24.9. The van der Waals surface area contributed by atoms with E-state index in [0.717, 1.165) is 5.56 Å². The number of carbonyl (C=O) groups excluding carboxylic acids is 2. The van der Waals surface area contributed by atoms with Crippen molar-refractivity contribution in [2.75, 3.05) is 27.4 Å². The van der Waals surface area contributed by atoms with E-state index in [1.807, 2.05) is 6.92 Å². The van der Waals surface area contributed by atoms with Crippen LogP contribution in [0.15, 0.2) is 48.0 Å². The second-order valence-corrected chi connectivity index (χ2v) is 9.20. The van der Waals surface area contributed by atoms with Crippen LogP contribution < -0.4 is 19.5 Å². The van der Waals surface area contributed by atoms with Crippen LogP contribution in [-0.2, 0) is 26.2 Å². The SMILES string of the molecule is CCOc1cc(CNC(=O)CN2C(=O)C(CC)=C(c3ccc(OC)cc3)S2(=O)=O)ccc1OC. The summed E-state index contributed by atoms with van der Waals surface area (Å²) in [4.78, 5) is 25.4. The van der Waals surface area contributed by atoms with Gasteiger partial charge in [-0.25, -0.2) is 12.7 Å². The molecule has 1 aliphatic heterocycles. The minimum Gasteiger partial charge on any atom is -0.497 e. The van der Waals surface area contributed by atoms with Crippen molar-refractivity contribution in [1.29, 1.82) is 0 Å². The van der Waals surface area contributed by atoms with E-state index in [-0.39, 0.29) is 23.4 Å². The van der Waals surface area contributed by atoms with Crippen molar-refractivity contribution in [2.24, 2.45) is 0 Å². The first kappa shape index (κ1) is 25.1. The van der Waals surface area contributed by atoms with Gasteiger partial charge in [0.05, 0.1) is 20.8 Å². The fraction of sp³-hybridized carbons (Fsp3) is 0.333. The van der Waals surface area contributed by atoms with Crippen LogP contribution in [0.5, 0.6) is 17.2 Å². The Hall–Kier alpha value is -3.53. The molecule has 0 saturated carbocycles. The first-order chi connectivity index (χ1) is 16.3. The molecule has 0 radical (unpaired) electrons. The largest absolute Gasteiger partial charge is 0.497 e. The zero-order valence-corrected chi connectivity index (χ0v) is 20.4. The third-order valence-electron chi connectivity index (χ3n) is 5.32. The standard InChI is InChI=1S/C24H28N2O7S/c1-5-19-23(17-8-10-18(31-3)11-9-17)34(29,30)26(24(19)28)15-22(27)25-14-16-7-12-20(32-4)21(13-16)33-6-2/h7-13H,5-6,14-15H2,1-4H3,(H,25,27). The molecule has 2 aromatic carbocycles. The highest BCUT2D eigenvalue weighted by Crippen LogP contribution is 2.37. The van der Waals surface area contributed by atoms with Gasteiger partial charge < -0.3 is 19.5 Å². The summed E-state index contributed by atoms with van der Waals surface area (Å²) in [6.45, 7) is 3.52. The van der Waals surface area contributed by atoms with Crippen molar-refractivity contribution >= 4 is 26.7 Å². The van der Waals surface area contributed by atoms with E-state index in [1.165, 1.54) is 14.2 Å². The third kappa shape index (κ3) is 5.01. The normalized spacial score (nSPS) is 14.8. The summed E-state index contributed by atoms with van der Waals surface area (Å²) in [5.41, 5.74) is 1.25. The monoisotopic (exact) mass is 488 g/mol. The van der Waals surface area contributed by atoms with Crippen LogP contribution in [0.25, 0.3) is 4.91 Å². The van der Waals surface area contributed by atoms with Crippen LogP contribution in [0, 0.1) is 0 Å². The molecule has 2 amide bonds. The fourth-order valence-electron chi connectivity index (χ4n) is 3.64. The van der Waals surface area contributed by atoms with E-state index in [1.54, 1.807) is 49.4 Å². The highest BCUT2D eigenvalue weighted by Gasteiger charge is 2.44. The lowest BCUT2D eigenvalue weighted by Crippen LogP contribution is -2.41. The predicted molar refractivity (Wildman–Crippen MR) is 127 cm³/mol. The Balaban J connectivity index is 1.75. The molecule has 0 aromatic heterocycles. The molecule has 0 aliphatic carbocycles. The van der Waals surface area contributed by atoms with Crippen molar-refractivity contribution in [1.82, 2.24) is 9.62 Å². The molecule has 9 nitrogen and oxygen atoms in total. The number of hydrogen-bond acceptors (Lipinski definition) is 7. The molecule has 0 spiro atoms. The van der Waals surface area contributed by atoms with E-state index in [2.05, 4.69) is 5.32 Å². The van der Waals surface area contributed by atoms with Crippen molar-refractivity contribution in [3.8, 4) is 17.2 Å². The first-order valence-corrected chi connectivity index (χ1v) is 12.2. The summed E-state index contributed by atoms with van der Waals surface area (Å²) in [6, 6.07) is 11.6. The number of ether oxygens (including phenoxy) is 3. The molecule has 1 aliphatic rings. The highest BCUT2D eigenvalue weighted by molar-refractivity contribution is 7.99. The van der Waals surface area contributed by atoms with Gasteiger partial charge in [-0.2, -0.15) is 0 Å². The fourth-order valence-corrected chi connectivity index (χ4v) is 5.46. The van der Waals surface area contributed by atoms with Gasteiger partial charge in [-0.15, -0.1) is 0 Å². The maximum Gasteiger partial charge on any atom is 0.268 e. The minimum atomic E-state index is -4.19. The molecule has 0 fully saturated rings. The maximum absolute atomic E-state index is 13.2. The second-order valence-electron chi connectivity index (χ2n) is 7.40. The Morgan fingerprint density at radius 3 is 2.29 bits per heavy atom. The Bertz CT molecular complexity index is 1200. The number of hydrogen-bond donors (Lipinski definition) is 1. The van der Waals surface area contributed by atoms with Crippen molar-refractivity contribution in [3.63, 3.8) is 0 Å². The zero-order valence-electron chi connectivity index (χ0n) is 19.6. The van der Waals surface area contributed by atoms with Gasteiger partial charge >= 0.3 is 0 Å². The molecule has 2 aromatic rings. The molecule has 3 rings (SSSR count). The van der Waals surface area contributed by atoms with E-state index < -0.39 is 28.4 Å². The van der Waals surface area contributed by atoms with Gasteiger partial charge in [-0.05, 0) is 60.9 Å². The van der Waals surface area contributed by atoms with Gasteiger partial charge in [0.1, 0.15) is 17.2 Å².